The number of esters is 1. The molecule has 2 aromatic rings. The predicted octanol–water partition coefficient (Wildman–Crippen LogP) is 2.55. The van der Waals surface area contributed by atoms with Gasteiger partial charge >= 0.3 is 5.97 Å². The molecule has 0 amide bonds. The Labute approximate surface area is 149 Å². The average molecular weight is 358 g/mol. The summed E-state index contributed by atoms with van der Waals surface area (Å²) in [6, 6.07) is 7.47. The lowest BCUT2D eigenvalue weighted by atomic mass is 10.1. The number of carbonyl (C=O) groups excluding carboxylic acids is 1. The van der Waals surface area contributed by atoms with Crippen LogP contribution in [-0.2, 0) is 9.53 Å². The molecular formula is C17H18N4O3S. The van der Waals surface area contributed by atoms with Crippen molar-refractivity contribution in [3.05, 3.63) is 41.2 Å². The van der Waals surface area contributed by atoms with E-state index in [2.05, 4.69) is 15.3 Å². The first-order valence-electron chi connectivity index (χ1n) is 7.78. The van der Waals surface area contributed by atoms with Gasteiger partial charge in [0.2, 0.25) is 5.16 Å². The molecule has 2 heterocycles. The molecule has 130 valence electrons. The van der Waals surface area contributed by atoms with Gasteiger partial charge in [-0.05, 0) is 37.6 Å². The highest BCUT2D eigenvalue weighted by Crippen LogP contribution is 2.25. The smallest absolute Gasteiger partial charge is 0.340 e. The molecule has 0 saturated carbocycles. The van der Waals surface area contributed by atoms with Crippen molar-refractivity contribution in [3.63, 3.8) is 0 Å². The number of thioether (sulfide) groups is 1. The van der Waals surface area contributed by atoms with Gasteiger partial charge in [0.1, 0.15) is 5.75 Å². The molecule has 25 heavy (non-hydrogen) atoms. The first-order valence-corrected chi connectivity index (χ1v) is 8.77. The second kappa shape index (κ2) is 7.52. The molecular weight excluding hydrogens is 340 g/mol. The normalized spacial score (nSPS) is 13.9. The summed E-state index contributed by atoms with van der Waals surface area (Å²) in [5.74, 6) is 1.50. The second-order valence-corrected chi connectivity index (χ2v) is 6.17. The summed E-state index contributed by atoms with van der Waals surface area (Å²) >= 11 is 1.48. The molecule has 0 bridgehead atoms. The Kier molecular flexibility index (Phi) is 5.18. The van der Waals surface area contributed by atoms with Crippen molar-refractivity contribution in [3.8, 4) is 5.75 Å². The fourth-order valence-corrected chi connectivity index (χ4v) is 3.20. The summed E-state index contributed by atoms with van der Waals surface area (Å²) in [6.45, 7) is 3.89. The van der Waals surface area contributed by atoms with Crippen LogP contribution in [0.25, 0.3) is 6.08 Å². The molecule has 1 aromatic heterocycles. The monoisotopic (exact) mass is 358 g/mol. The van der Waals surface area contributed by atoms with Crippen LogP contribution in [0, 0.1) is 6.92 Å². The maximum absolute atomic E-state index is 12.5. The topological polar surface area (TPSA) is 78.6 Å². The van der Waals surface area contributed by atoms with E-state index in [1.165, 1.54) is 11.8 Å². The third-order valence-corrected chi connectivity index (χ3v) is 4.47. The minimum Gasteiger partial charge on any atom is -0.497 e. The van der Waals surface area contributed by atoms with Gasteiger partial charge in [0.05, 0.1) is 25.0 Å². The zero-order chi connectivity index (χ0) is 17.8. The highest BCUT2D eigenvalue weighted by molar-refractivity contribution is 7.99. The van der Waals surface area contributed by atoms with Gasteiger partial charge in [-0.3, -0.25) is 0 Å². The van der Waals surface area contributed by atoms with Gasteiger partial charge in [0.25, 0.3) is 0 Å². The lowest BCUT2D eigenvalue weighted by Gasteiger charge is -2.15. The molecule has 1 aromatic carbocycles. The van der Waals surface area contributed by atoms with Gasteiger partial charge < -0.3 is 9.47 Å². The number of methoxy groups -OCH3 is 1. The molecule has 7 nitrogen and oxygen atoms in total. The number of carbonyl (C=O) groups is 1. The molecule has 1 aliphatic heterocycles. The number of benzene rings is 1. The molecule has 8 heteroatoms. The molecule has 0 saturated heterocycles. The molecule has 0 fully saturated rings. The highest BCUT2D eigenvalue weighted by Gasteiger charge is 2.24. The van der Waals surface area contributed by atoms with Crippen LogP contribution < -0.4 is 4.74 Å². The SMILES string of the molecule is CCOC(=O)/C(=C\c1cccc(OC)c1)C1=Nn2c(C)nnc2SC1. The van der Waals surface area contributed by atoms with Crippen molar-refractivity contribution in [2.24, 2.45) is 5.10 Å². The lowest BCUT2D eigenvalue weighted by Crippen LogP contribution is -2.21. The van der Waals surface area contributed by atoms with Gasteiger partial charge in [-0.2, -0.15) is 9.78 Å². The Bertz CT molecular complexity index is 857. The number of aryl methyl sites for hydroxylation is 1. The van der Waals surface area contributed by atoms with Crippen molar-refractivity contribution in [1.82, 2.24) is 14.9 Å². The van der Waals surface area contributed by atoms with Crippen molar-refractivity contribution in [2.75, 3.05) is 19.5 Å². The lowest BCUT2D eigenvalue weighted by molar-refractivity contribution is -0.137. The summed E-state index contributed by atoms with van der Waals surface area (Å²) < 4.78 is 12.1. The molecule has 1 aliphatic rings. The fraction of sp³-hybridized carbons (Fsp3) is 0.294. The van der Waals surface area contributed by atoms with Crippen LogP contribution in [0.15, 0.2) is 40.1 Å². The number of fused-ring (bicyclic) bond motifs is 1. The van der Waals surface area contributed by atoms with Crippen molar-refractivity contribution < 1.29 is 14.3 Å². The summed E-state index contributed by atoms with van der Waals surface area (Å²) in [5, 5.41) is 13.3. The number of hydrogen-bond acceptors (Lipinski definition) is 7. The van der Waals surface area contributed by atoms with E-state index in [0.717, 1.165) is 5.56 Å². The molecule has 0 unspecified atom stereocenters. The molecule has 0 atom stereocenters. The van der Waals surface area contributed by atoms with Gasteiger partial charge in [-0.15, -0.1) is 10.2 Å². The van der Waals surface area contributed by atoms with E-state index in [9.17, 15) is 4.79 Å². The predicted molar refractivity (Wildman–Crippen MR) is 95.9 cm³/mol. The third kappa shape index (κ3) is 3.74. The Morgan fingerprint density at radius 3 is 3.00 bits per heavy atom. The van der Waals surface area contributed by atoms with E-state index < -0.39 is 5.97 Å². The zero-order valence-corrected chi connectivity index (χ0v) is 15.0. The minimum atomic E-state index is -0.404. The Balaban J connectivity index is 2.04. The first-order chi connectivity index (χ1) is 12.1. The van der Waals surface area contributed by atoms with Crippen LogP contribution in [0.3, 0.4) is 0 Å². The molecule has 0 N–H and O–H groups in total. The molecule has 0 radical (unpaired) electrons. The summed E-state index contributed by atoms with van der Waals surface area (Å²) in [4.78, 5) is 12.5. The zero-order valence-electron chi connectivity index (χ0n) is 14.2. The third-order valence-electron chi connectivity index (χ3n) is 3.54. The van der Waals surface area contributed by atoms with Crippen LogP contribution in [0.5, 0.6) is 5.75 Å². The van der Waals surface area contributed by atoms with Crippen LogP contribution in [0.2, 0.25) is 0 Å². The van der Waals surface area contributed by atoms with E-state index >= 15 is 0 Å². The van der Waals surface area contributed by atoms with E-state index in [0.29, 0.717) is 40.4 Å². The number of nitrogens with zero attached hydrogens (tertiary/aromatic N) is 4. The quantitative estimate of drug-likeness (QED) is 0.604. The highest BCUT2D eigenvalue weighted by atomic mass is 32.2. The summed E-state index contributed by atoms with van der Waals surface area (Å²) in [5.41, 5.74) is 1.88. The second-order valence-electron chi connectivity index (χ2n) is 5.23. The average Bonchev–Trinajstić information content (AvgIpc) is 3.00. The molecule has 0 aliphatic carbocycles. The van der Waals surface area contributed by atoms with Crippen molar-refractivity contribution >= 4 is 29.5 Å². The van der Waals surface area contributed by atoms with Crippen molar-refractivity contribution in [1.29, 1.82) is 0 Å². The van der Waals surface area contributed by atoms with Crippen LogP contribution >= 0.6 is 11.8 Å². The first kappa shape index (κ1) is 17.2. The van der Waals surface area contributed by atoms with Crippen LogP contribution in [0.1, 0.15) is 18.3 Å². The number of ether oxygens (including phenoxy) is 2. The largest absolute Gasteiger partial charge is 0.497 e. The Hall–Kier alpha value is -2.61. The number of aromatic nitrogens is 3. The van der Waals surface area contributed by atoms with Crippen LogP contribution in [0.4, 0.5) is 0 Å². The number of hydrogen-bond donors (Lipinski definition) is 0. The van der Waals surface area contributed by atoms with Gasteiger partial charge in [0.15, 0.2) is 5.82 Å². The summed E-state index contributed by atoms with van der Waals surface area (Å²) in [6.07, 6.45) is 1.77. The Morgan fingerprint density at radius 2 is 2.24 bits per heavy atom. The minimum absolute atomic E-state index is 0.297. The number of rotatable bonds is 5. The van der Waals surface area contributed by atoms with Gasteiger partial charge in [-0.1, -0.05) is 23.9 Å². The maximum Gasteiger partial charge on any atom is 0.340 e. The maximum atomic E-state index is 12.5. The van der Waals surface area contributed by atoms with Gasteiger partial charge in [0, 0.05) is 5.75 Å². The van der Waals surface area contributed by atoms with E-state index in [4.69, 9.17) is 9.47 Å². The van der Waals surface area contributed by atoms with Crippen molar-refractivity contribution in [2.45, 2.75) is 19.0 Å². The molecule has 0 spiro atoms. The van der Waals surface area contributed by atoms with E-state index in [1.807, 2.05) is 31.2 Å². The van der Waals surface area contributed by atoms with Gasteiger partial charge in [-0.25, -0.2) is 4.79 Å². The Morgan fingerprint density at radius 1 is 1.40 bits per heavy atom. The van der Waals surface area contributed by atoms with E-state index in [1.54, 1.807) is 24.8 Å². The summed E-state index contributed by atoms with van der Waals surface area (Å²) in [7, 11) is 1.60. The van der Waals surface area contributed by atoms with Crippen LogP contribution in [-0.4, -0.2) is 46.0 Å². The van der Waals surface area contributed by atoms with E-state index in [-0.39, 0.29) is 0 Å². The standard InChI is InChI=1S/C17H18N4O3S/c1-4-24-16(22)14(9-12-6-5-7-13(8-12)23-3)15-10-25-17-19-18-11(2)21(17)20-15/h5-9H,4,10H2,1-3H3/b14-9-. The molecule has 3 rings (SSSR count). The fourth-order valence-electron chi connectivity index (χ4n) is 2.32.